The number of nitrogens with zero attached hydrogens (tertiary/aromatic N) is 3. The van der Waals surface area contributed by atoms with Gasteiger partial charge in [0.2, 0.25) is 0 Å². The molecule has 0 amide bonds. The van der Waals surface area contributed by atoms with Crippen molar-refractivity contribution in [2.45, 2.75) is 6.42 Å². The average molecular weight is 728 g/mol. The van der Waals surface area contributed by atoms with Crippen molar-refractivity contribution >= 4 is 60.5 Å². The molecule has 11 rings (SSSR count). The molecule has 7 aromatic carbocycles. The number of hydrogen-bond acceptors (Lipinski definition) is 1. The van der Waals surface area contributed by atoms with Gasteiger partial charge in [0.15, 0.2) is 0 Å². The standard InChI is InChI=1S/C54H37N3/c1-4-14-37(15-5-1)40-25-26-41(38-16-6-2-7-17-38)35-43(34-40)39-27-30-45(31-28-39)56-49-22-11-10-20-47(49)53-46(21-12-23-51(53)56)42-29-32-50-48(36-42)54-52(24-13-33-55-54)57(50)44-18-8-3-9-19-44/h1-25,27-36H,26H2. The molecule has 0 aliphatic heterocycles. The van der Waals surface area contributed by atoms with E-state index in [9.17, 15) is 0 Å². The van der Waals surface area contributed by atoms with Crippen LogP contribution >= 0.6 is 0 Å². The Morgan fingerprint density at radius 2 is 1.02 bits per heavy atom. The van der Waals surface area contributed by atoms with Gasteiger partial charge in [-0.05, 0) is 118 Å². The first-order valence-corrected chi connectivity index (χ1v) is 19.6. The molecule has 0 radical (unpaired) electrons. The van der Waals surface area contributed by atoms with E-state index >= 15 is 0 Å². The second kappa shape index (κ2) is 13.7. The molecule has 1 aliphatic carbocycles. The van der Waals surface area contributed by atoms with E-state index in [4.69, 9.17) is 4.98 Å². The Balaban J connectivity index is 1.04. The van der Waals surface area contributed by atoms with E-state index in [0.717, 1.165) is 39.7 Å². The van der Waals surface area contributed by atoms with Crippen molar-refractivity contribution < 1.29 is 0 Å². The Hall–Kier alpha value is -7.49. The van der Waals surface area contributed by atoms with E-state index < -0.39 is 0 Å². The lowest BCUT2D eigenvalue weighted by Gasteiger charge is -2.12. The first-order valence-electron chi connectivity index (χ1n) is 19.6. The number of para-hydroxylation sites is 2. The minimum absolute atomic E-state index is 0.870. The first-order chi connectivity index (χ1) is 28.3. The average Bonchev–Trinajstić information content (AvgIpc) is 3.70. The number of allylic oxidation sites excluding steroid dienone is 6. The van der Waals surface area contributed by atoms with Crippen molar-refractivity contribution in [2.75, 3.05) is 0 Å². The van der Waals surface area contributed by atoms with Crippen LogP contribution in [0.1, 0.15) is 23.1 Å². The summed E-state index contributed by atoms with van der Waals surface area (Å²) in [4.78, 5) is 4.90. The van der Waals surface area contributed by atoms with Gasteiger partial charge in [-0.3, -0.25) is 4.98 Å². The summed E-state index contributed by atoms with van der Waals surface area (Å²) >= 11 is 0. The van der Waals surface area contributed by atoms with Gasteiger partial charge in [-0.15, -0.1) is 0 Å². The summed E-state index contributed by atoms with van der Waals surface area (Å²) in [6.07, 6.45) is 9.84. The van der Waals surface area contributed by atoms with E-state index in [-0.39, 0.29) is 0 Å². The molecular formula is C54H37N3. The maximum Gasteiger partial charge on any atom is 0.0963 e. The number of fused-ring (bicyclic) bond motifs is 6. The molecular weight excluding hydrogens is 691 g/mol. The summed E-state index contributed by atoms with van der Waals surface area (Å²) in [7, 11) is 0. The van der Waals surface area contributed by atoms with Crippen LogP contribution in [0.4, 0.5) is 0 Å². The summed E-state index contributed by atoms with van der Waals surface area (Å²) in [6, 6.07) is 67.7. The fraction of sp³-hybridized carbons (Fsp3) is 0.0185. The molecule has 0 fully saturated rings. The van der Waals surface area contributed by atoms with Crippen LogP contribution in [-0.4, -0.2) is 14.1 Å². The molecule has 57 heavy (non-hydrogen) atoms. The molecule has 0 spiro atoms. The third kappa shape index (κ3) is 5.63. The summed E-state index contributed by atoms with van der Waals surface area (Å²) in [5.74, 6) is 0. The predicted molar refractivity (Wildman–Crippen MR) is 240 cm³/mol. The molecule has 10 aromatic rings. The van der Waals surface area contributed by atoms with Crippen molar-refractivity contribution in [3.05, 3.63) is 229 Å². The van der Waals surface area contributed by atoms with Crippen LogP contribution < -0.4 is 0 Å². The number of aromatic nitrogens is 3. The fourth-order valence-electron chi connectivity index (χ4n) is 8.79. The van der Waals surface area contributed by atoms with Crippen LogP contribution in [0.2, 0.25) is 0 Å². The Bertz CT molecular complexity index is 3220. The molecule has 0 unspecified atom stereocenters. The Kier molecular flexibility index (Phi) is 7.89. The van der Waals surface area contributed by atoms with Gasteiger partial charge >= 0.3 is 0 Å². The van der Waals surface area contributed by atoms with Crippen molar-refractivity contribution in [1.82, 2.24) is 14.1 Å². The second-order valence-electron chi connectivity index (χ2n) is 14.7. The molecule has 1 aliphatic rings. The molecule has 0 N–H and O–H groups in total. The highest BCUT2D eigenvalue weighted by atomic mass is 15.0. The number of rotatable bonds is 6. The van der Waals surface area contributed by atoms with Gasteiger partial charge in [-0.1, -0.05) is 140 Å². The van der Waals surface area contributed by atoms with Gasteiger partial charge < -0.3 is 9.13 Å². The number of hydrogen-bond donors (Lipinski definition) is 0. The molecule has 3 heteroatoms. The van der Waals surface area contributed by atoms with Gasteiger partial charge in [0.25, 0.3) is 0 Å². The fourth-order valence-corrected chi connectivity index (χ4v) is 8.79. The van der Waals surface area contributed by atoms with E-state index in [1.54, 1.807) is 0 Å². The molecule has 268 valence electrons. The highest BCUT2D eigenvalue weighted by Crippen LogP contribution is 2.41. The monoisotopic (exact) mass is 727 g/mol. The van der Waals surface area contributed by atoms with Crippen LogP contribution in [-0.2, 0) is 0 Å². The maximum absolute atomic E-state index is 4.90. The highest BCUT2D eigenvalue weighted by molar-refractivity contribution is 6.17. The van der Waals surface area contributed by atoms with E-state index in [1.807, 2.05) is 12.3 Å². The lowest BCUT2D eigenvalue weighted by atomic mass is 9.97. The Morgan fingerprint density at radius 3 is 1.82 bits per heavy atom. The summed E-state index contributed by atoms with van der Waals surface area (Å²) < 4.78 is 4.74. The largest absolute Gasteiger partial charge is 0.309 e. The molecule has 3 heterocycles. The molecule has 0 saturated heterocycles. The smallest absolute Gasteiger partial charge is 0.0963 e. The molecule has 0 atom stereocenters. The topological polar surface area (TPSA) is 22.8 Å². The van der Waals surface area contributed by atoms with Gasteiger partial charge in [-0.25, -0.2) is 0 Å². The summed E-state index contributed by atoms with van der Waals surface area (Å²) in [6.45, 7) is 0. The third-order valence-corrected chi connectivity index (χ3v) is 11.4. The van der Waals surface area contributed by atoms with Gasteiger partial charge in [0.1, 0.15) is 0 Å². The second-order valence-corrected chi connectivity index (χ2v) is 14.7. The molecule has 0 saturated carbocycles. The van der Waals surface area contributed by atoms with E-state index in [1.165, 1.54) is 66.3 Å². The van der Waals surface area contributed by atoms with E-state index in [0.29, 0.717) is 0 Å². The molecule has 0 bridgehead atoms. The van der Waals surface area contributed by atoms with E-state index in [2.05, 4.69) is 209 Å². The minimum atomic E-state index is 0.870. The number of benzene rings is 7. The number of pyridine rings is 1. The predicted octanol–water partition coefficient (Wildman–Crippen LogP) is 13.9. The van der Waals surface area contributed by atoms with Gasteiger partial charge in [-0.2, -0.15) is 0 Å². The maximum atomic E-state index is 4.90. The molecule has 3 aromatic heterocycles. The zero-order valence-corrected chi connectivity index (χ0v) is 31.3. The van der Waals surface area contributed by atoms with Crippen LogP contribution in [0.25, 0.3) is 83.0 Å². The Labute approximate surface area is 331 Å². The minimum Gasteiger partial charge on any atom is -0.309 e. The van der Waals surface area contributed by atoms with Crippen molar-refractivity contribution in [1.29, 1.82) is 0 Å². The Morgan fingerprint density at radius 1 is 0.404 bits per heavy atom. The zero-order chi connectivity index (χ0) is 37.7. The van der Waals surface area contributed by atoms with Crippen molar-refractivity contribution in [3.8, 4) is 22.5 Å². The van der Waals surface area contributed by atoms with Crippen LogP contribution in [0.3, 0.4) is 0 Å². The van der Waals surface area contributed by atoms with Crippen LogP contribution in [0.15, 0.2) is 212 Å². The van der Waals surface area contributed by atoms with Crippen molar-refractivity contribution in [3.63, 3.8) is 0 Å². The van der Waals surface area contributed by atoms with Crippen LogP contribution in [0, 0.1) is 0 Å². The highest BCUT2D eigenvalue weighted by Gasteiger charge is 2.19. The quantitative estimate of drug-likeness (QED) is 0.167. The summed E-state index contributed by atoms with van der Waals surface area (Å²) in [5.41, 5.74) is 17.7. The zero-order valence-electron chi connectivity index (χ0n) is 31.3. The van der Waals surface area contributed by atoms with Gasteiger partial charge in [0, 0.05) is 33.7 Å². The summed E-state index contributed by atoms with van der Waals surface area (Å²) in [5, 5.41) is 3.62. The SMILES string of the molecule is C1=C(c2ccccc2)C=C(c2ccc(-n3c4ccccc4c4c(-c5ccc6c(c5)c5ncccc5n6-c5ccccc5)cccc43)cc2)C=C(c2ccccc2)C1. The van der Waals surface area contributed by atoms with Crippen LogP contribution in [0.5, 0.6) is 0 Å². The molecule has 3 nitrogen and oxygen atoms in total. The normalized spacial score (nSPS) is 13.2. The lowest BCUT2D eigenvalue weighted by Crippen LogP contribution is -1.94. The lowest BCUT2D eigenvalue weighted by molar-refractivity contribution is 1.18. The first kappa shape index (κ1) is 32.9. The van der Waals surface area contributed by atoms with Gasteiger partial charge in [0.05, 0.1) is 27.6 Å². The third-order valence-electron chi connectivity index (χ3n) is 11.4. The van der Waals surface area contributed by atoms with Crippen molar-refractivity contribution in [2.24, 2.45) is 0 Å².